The molecule has 0 aliphatic heterocycles. The summed E-state index contributed by atoms with van der Waals surface area (Å²) in [7, 11) is 0. The van der Waals surface area contributed by atoms with Crippen molar-refractivity contribution in [2.75, 3.05) is 11.9 Å². The Kier molecular flexibility index (Phi) is 5.58. The number of thiocarbonyl (C=S) groups is 1. The van der Waals surface area contributed by atoms with Gasteiger partial charge in [-0.3, -0.25) is 4.79 Å². The van der Waals surface area contributed by atoms with Gasteiger partial charge in [0.1, 0.15) is 5.75 Å². The van der Waals surface area contributed by atoms with E-state index in [1.165, 1.54) is 0 Å². The van der Waals surface area contributed by atoms with E-state index in [0.717, 1.165) is 5.75 Å². The van der Waals surface area contributed by atoms with Crippen LogP contribution in [0.2, 0.25) is 0 Å². The van der Waals surface area contributed by atoms with Gasteiger partial charge in [-0.15, -0.1) is 0 Å². The van der Waals surface area contributed by atoms with Crippen LogP contribution in [0.3, 0.4) is 0 Å². The van der Waals surface area contributed by atoms with Crippen LogP contribution in [0.15, 0.2) is 24.3 Å². The van der Waals surface area contributed by atoms with Crippen LogP contribution in [0.25, 0.3) is 0 Å². The number of anilines is 1. The number of carbonyl (C=O) groups excluding carboxylic acids is 1. The average Bonchev–Trinajstić information content (AvgIpc) is 2.30. The van der Waals surface area contributed by atoms with Gasteiger partial charge in [-0.25, -0.2) is 0 Å². The van der Waals surface area contributed by atoms with Crippen molar-refractivity contribution in [1.82, 2.24) is 0 Å². The second-order valence-corrected chi connectivity index (χ2v) is 4.28. The van der Waals surface area contributed by atoms with E-state index in [1.807, 2.05) is 26.0 Å². The van der Waals surface area contributed by atoms with E-state index in [9.17, 15) is 4.79 Å². The van der Waals surface area contributed by atoms with Gasteiger partial charge >= 0.3 is 0 Å². The van der Waals surface area contributed by atoms with Crippen molar-refractivity contribution in [2.24, 2.45) is 11.7 Å². The molecule has 0 saturated carbocycles. The smallest absolute Gasteiger partial charge is 0.234 e. The third kappa shape index (κ3) is 4.00. The van der Waals surface area contributed by atoms with E-state index in [-0.39, 0.29) is 10.9 Å². The Labute approximate surface area is 113 Å². The molecule has 0 aromatic heterocycles. The number of ether oxygens (including phenoxy) is 1. The van der Waals surface area contributed by atoms with E-state index in [2.05, 4.69) is 5.32 Å². The van der Waals surface area contributed by atoms with Crippen LogP contribution < -0.4 is 15.8 Å². The van der Waals surface area contributed by atoms with Gasteiger partial charge in [-0.1, -0.05) is 25.2 Å². The van der Waals surface area contributed by atoms with Crippen LogP contribution in [0.1, 0.15) is 20.3 Å². The van der Waals surface area contributed by atoms with Gasteiger partial charge < -0.3 is 15.8 Å². The third-order valence-electron chi connectivity index (χ3n) is 2.48. The predicted octanol–water partition coefficient (Wildman–Crippen LogP) is 2.34. The normalized spacial score (nSPS) is 11.7. The van der Waals surface area contributed by atoms with E-state index < -0.39 is 5.92 Å². The summed E-state index contributed by atoms with van der Waals surface area (Å²) in [6.07, 6.45) is 0.590. The molecule has 0 bridgehead atoms. The van der Waals surface area contributed by atoms with Crippen LogP contribution in [0, 0.1) is 5.92 Å². The van der Waals surface area contributed by atoms with Gasteiger partial charge in [-0.05, 0) is 25.5 Å². The molecule has 1 aromatic rings. The van der Waals surface area contributed by atoms with Gasteiger partial charge in [0.25, 0.3) is 0 Å². The van der Waals surface area contributed by atoms with Crippen LogP contribution >= 0.6 is 12.2 Å². The molecule has 1 atom stereocenters. The monoisotopic (exact) mass is 266 g/mol. The minimum atomic E-state index is -0.434. The predicted molar refractivity (Wildman–Crippen MR) is 76.8 cm³/mol. The number of hydrogen-bond acceptors (Lipinski definition) is 3. The first kappa shape index (κ1) is 14.4. The second kappa shape index (κ2) is 6.96. The first-order chi connectivity index (χ1) is 8.58. The number of nitrogens with one attached hydrogen (secondary N) is 1. The van der Waals surface area contributed by atoms with Crippen molar-refractivity contribution in [3.05, 3.63) is 24.3 Å². The van der Waals surface area contributed by atoms with Crippen LogP contribution in [-0.4, -0.2) is 17.5 Å². The Morgan fingerprint density at radius 3 is 2.78 bits per heavy atom. The zero-order valence-electron chi connectivity index (χ0n) is 10.6. The molecule has 3 N–H and O–H groups in total. The maximum Gasteiger partial charge on any atom is 0.234 e. The highest BCUT2D eigenvalue weighted by atomic mass is 32.1. The largest absolute Gasteiger partial charge is 0.494 e. The van der Waals surface area contributed by atoms with Crippen molar-refractivity contribution in [1.29, 1.82) is 0 Å². The van der Waals surface area contributed by atoms with Gasteiger partial charge in [0, 0.05) is 11.8 Å². The van der Waals surface area contributed by atoms with Crippen molar-refractivity contribution in [3.63, 3.8) is 0 Å². The standard InChI is InChI=1S/C13H18N2O2S/c1-3-11(12(14)18)13(16)15-9-6-5-7-10(8-9)17-4-2/h5-8,11H,3-4H2,1-2H3,(H2,14,18)(H,15,16). The Morgan fingerprint density at radius 1 is 1.50 bits per heavy atom. The fraction of sp³-hybridized carbons (Fsp3) is 0.385. The van der Waals surface area contributed by atoms with E-state index in [4.69, 9.17) is 22.7 Å². The van der Waals surface area contributed by atoms with Gasteiger partial charge in [0.2, 0.25) is 5.91 Å². The number of rotatable bonds is 6. The van der Waals surface area contributed by atoms with Crippen molar-refractivity contribution in [2.45, 2.75) is 20.3 Å². The lowest BCUT2D eigenvalue weighted by atomic mass is 10.1. The van der Waals surface area contributed by atoms with E-state index in [0.29, 0.717) is 18.7 Å². The highest BCUT2D eigenvalue weighted by Crippen LogP contribution is 2.18. The molecule has 0 aliphatic rings. The summed E-state index contributed by atoms with van der Waals surface area (Å²) in [4.78, 5) is 12.2. The van der Waals surface area contributed by atoms with Gasteiger partial charge in [0.15, 0.2) is 0 Å². The molecule has 0 radical (unpaired) electrons. The Hall–Kier alpha value is -1.62. The molecule has 0 fully saturated rings. The number of carbonyl (C=O) groups is 1. The quantitative estimate of drug-likeness (QED) is 0.776. The first-order valence-electron chi connectivity index (χ1n) is 5.91. The Balaban J connectivity index is 2.74. The summed E-state index contributed by atoms with van der Waals surface area (Å²) >= 11 is 4.87. The zero-order chi connectivity index (χ0) is 13.5. The van der Waals surface area contributed by atoms with Gasteiger partial charge in [0.05, 0.1) is 17.5 Å². The molecule has 0 saturated heterocycles. The molecule has 4 nitrogen and oxygen atoms in total. The molecular weight excluding hydrogens is 248 g/mol. The summed E-state index contributed by atoms with van der Waals surface area (Å²) in [6, 6.07) is 7.23. The molecule has 0 heterocycles. The maximum absolute atomic E-state index is 11.9. The van der Waals surface area contributed by atoms with Crippen molar-refractivity contribution in [3.8, 4) is 5.75 Å². The Morgan fingerprint density at radius 2 is 2.22 bits per heavy atom. The lowest BCUT2D eigenvalue weighted by Gasteiger charge is -2.14. The SMILES string of the molecule is CCOc1cccc(NC(=O)C(CC)C(N)=S)c1. The number of amides is 1. The topological polar surface area (TPSA) is 64.3 Å². The maximum atomic E-state index is 11.9. The van der Waals surface area contributed by atoms with Crippen LogP contribution in [-0.2, 0) is 4.79 Å². The summed E-state index contributed by atoms with van der Waals surface area (Å²) in [5, 5.41) is 2.79. The minimum absolute atomic E-state index is 0.182. The minimum Gasteiger partial charge on any atom is -0.494 e. The molecular formula is C13H18N2O2S. The fourth-order valence-corrected chi connectivity index (χ4v) is 1.85. The molecule has 1 unspecified atom stereocenters. The molecule has 18 heavy (non-hydrogen) atoms. The first-order valence-corrected chi connectivity index (χ1v) is 6.32. The highest BCUT2D eigenvalue weighted by Gasteiger charge is 2.19. The Bertz CT molecular complexity index is 435. The van der Waals surface area contributed by atoms with E-state index in [1.54, 1.807) is 12.1 Å². The zero-order valence-corrected chi connectivity index (χ0v) is 11.4. The average molecular weight is 266 g/mol. The molecule has 1 aromatic carbocycles. The fourth-order valence-electron chi connectivity index (χ4n) is 1.58. The van der Waals surface area contributed by atoms with Gasteiger partial charge in [-0.2, -0.15) is 0 Å². The van der Waals surface area contributed by atoms with Crippen LogP contribution in [0.5, 0.6) is 5.75 Å². The van der Waals surface area contributed by atoms with E-state index >= 15 is 0 Å². The molecule has 0 spiro atoms. The summed E-state index contributed by atoms with van der Waals surface area (Å²) in [5.41, 5.74) is 6.21. The summed E-state index contributed by atoms with van der Waals surface area (Å²) in [6.45, 7) is 4.37. The number of nitrogens with two attached hydrogens (primary N) is 1. The lowest BCUT2D eigenvalue weighted by molar-refractivity contribution is -0.118. The summed E-state index contributed by atoms with van der Waals surface area (Å²) in [5.74, 6) is 0.105. The molecule has 98 valence electrons. The number of benzene rings is 1. The molecule has 0 aliphatic carbocycles. The molecule has 1 rings (SSSR count). The molecule has 1 amide bonds. The third-order valence-corrected chi connectivity index (χ3v) is 2.77. The molecule has 5 heteroatoms. The van der Waals surface area contributed by atoms with Crippen molar-refractivity contribution >= 4 is 28.8 Å². The van der Waals surface area contributed by atoms with Crippen LogP contribution in [0.4, 0.5) is 5.69 Å². The second-order valence-electron chi connectivity index (χ2n) is 3.81. The summed E-state index contributed by atoms with van der Waals surface area (Å²) < 4.78 is 5.36. The lowest BCUT2D eigenvalue weighted by Crippen LogP contribution is -2.32. The van der Waals surface area contributed by atoms with Crippen molar-refractivity contribution < 1.29 is 9.53 Å². The number of hydrogen-bond donors (Lipinski definition) is 2. The highest BCUT2D eigenvalue weighted by molar-refractivity contribution is 7.80.